The molecule has 1 saturated carbocycles. The molecule has 15 heavy (non-hydrogen) atoms. The second kappa shape index (κ2) is 4.49. The maximum absolute atomic E-state index is 9.38. The molecule has 1 aromatic rings. The first-order valence-corrected chi connectivity index (χ1v) is 5.41. The maximum atomic E-state index is 9.38. The van der Waals surface area contributed by atoms with E-state index in [-0.39, 0.29) is 6.10 Å². The van der Waals surface area contributed by atoms with E-state index in [0.29, 0.717) is 11.7 Å². The molecular weight excluding hydrogens is 190 g/mol. The smallest absolute Gasteiger partial charge is 0.149 e. The zero-order valence-corrected chi connectivity index (χ0v) is 8.69. The number of anilines is 2. The van der Waals surface area contributed by atoms with Crippen LogP contribution < -0.4 is 11.1 Å². The predicted octanol–water partition coefficient (Wildman–Crippen LogP) is 1.38. The summed E-state index contributed by atoms with van der Waals surface area (Å²) in [6.07, 6.45) is 5.31. The molecule has 0 unspecified atom stereocenters. The van der Waals surface area contributed by atoms with Gasteiger partial charge >= 0.3 is 0 Å². The first kappa shape index (κ1) is 10.2. The molecule has 0 radical (unpaired) electrons. The molecule has 0 amide bonds. The summed E-state index contributed by atoms with van der Waals surface area (Å²) < 4.78 is 0. The van der Waals surface area contributed by atoms with Crippen LogP contribution in [0.25, 0.3) is 0 Å². The summed E-state index contributed by atoms with van der Waals surface area (Å²) in [4.78, 5) is 4.19. The lowest BCUT2D eigenvalue weighted by Gasteiger charge is -2.26. The maximum Gasteiger partial charge on any atom is 0.149 e. The quantitative estimate of drug-likeness (QED) is 0.685. The normalized spacial score (nSPS) is 26.2. The van der Waals surface area contributed by atoms with Crippen molar-refractivity contribution in [3.63, 3.8) is 0 Å². The first-order valence-electron chi connectivity index (χ1n) is 5.41. The SMILES string of the molecule is Nc1cccnc1NC1CCC(O)CC1. The molecule has 0 spiro atoms. The van der Waals surface area contributed by atoms with Crippen molar-refractivity contribution in [2.75, 3.05) is 11.1 Å². The van der Waals surface area contributed by atoms with Gasteiger partial charge < -0.3 is 16.2 Å². The number of hydrogen-bond donors (Lipinski definition) is 3. The molecule has 2 rings (SSSR count). The van der Waals surface area contributed by atoms with Crippen LogP contribution in [0, 0.1) is 0 Å². The van der Waals surface area contributed by atoms with Gasteiger partial charge in [0.2, 0.25) is 0 Å². The number of nitrogens with zero attached hydrogens (tertiary/aromatic N) is 1. The largest absolute Gasteiger partial charge is 0.396 e. The number of hydrogen-bond acceptors (Lipinski definition) is 4. The molecule has 0 saturated heterocycles. The molecule has 0 aliphatic heterocycles. The molecule has 0 atom stereocenters. The van der Waals surface area contributed by atoms with Gasteiger partial charge in [-0.15, -0.1) is 0 Å². The highest BCUT2D eigenvalue weighted by Crippen LogP contribution is 2.23. The Balaban J connectivity index is 1.95. The van der Waals surface area contributed by atoms with Crippen molar-refractivity contribution in [2.24, 2.45) is 0 Å². The van der Waals surface area contributed by atoms with E-state index in [2.05, 4.69) is 10.3 Å². The zero-order valence-electron chi connectivity index (χ0n) is 8.69. The van der Waals surface area contributed by atoms with Crippen molar-refractivity contribution in [1.82, 2.24) is 4.98 Å². The molecule has 1 heterocycles. The van der Waals surface area contributed by atoms with Crippen molar-refractivity contribution in [3.05, 3.63) is 18.3 Å². The minimum absolute atomic E-state index is 0.121. The van der Waals surface area contributed by atoms with Gasteiger partial charge in [-0.1, -0.05) is 0 Å². The molecule has 1 aliphatic carbocycles. The Morgan fingerprint density at radius 2 is 2.07 bits per heavy atom. The van der Waals surface area contributed by atoms with E-state index in [0.717, 1.165) is 31.5 Å². The molecule has 1 aliphatic rings. The predicted molar refractivity (Wildman–Crippen MR) is 60.5 cm³/mol. The fourth-order valence-electron chi connectivity index (χ4n) is 1.95. The Bertz CT molecular complexity index is 321. The molecule has 4 nitrogen and oxygen atoms in total. The summed E-state index contributed by atoms with van der Waals surface area (Å²) in [6, 6.07) is 4.06. The second-order valence-electron chi connectivity index (χ2n) is 4.09. The third-order valence-corrected chi connectivity index (χ3v) is 2.88. The Labute approximate surface area is 89.5 Å². The van der Waals surface area contributed by atoms with Crippen LogP contribution in [-0.4, -0.2) is 22.2 Å². The van der Waals surface area contributed by atoms with E-state index < -0.39 is 0 Å². The Morgan fingerprint density at radius 1 is 1.33 bits per heavy atom. The summed E-state index contributed by atoms with van der Waals surface area (Å²) in [5.74, 6) is 0.763. The third kappa shape index (κ3) is 2.59. The molecule has 82 valence electrons. The number of nitrogen functional groups attached to an aromatic ring is 1. The van der Waals surface area contributed by atoms with Gasteiger partial charge in [0, 0.05) is 12.2 Å². The van der Waals surface area contributed by atoms with Crippen LogP contribution in [0.4, 0.5) is 11.5 Å². The standard InChI is InChI=1S/C11H17N3O/c12-10-2-1-7-13-11(10)14-8-3-5-9(15)6-4-8/h1-2,7-9,15H,3-6,12H2,(H,13,14). The first-order chi connectivity index (χ1) is 7.25. The third-order valence-electron chi connectivity index (χ3n) is 2.88. The van der Waals surface area contributed by atoms with E-state index in [1.807, 2.05) is 12.1 Å². The van der Waals surface area contributed by atoms with Crippen molar-refractivity contribution in [3.8, 4) is 0 Å². The van der Waals surface area contributed by atoms with Gasteiger partial charge in [0.1, 0.15) is 5.82 Å². The van der Waals surface area contributed by atoms with E-state index in [1.54, 1.807) is 6.20 Å². The summed E-state index contributed by atoms with van der Waals surface area (Å²) in [5, 5.41) is 12.7. The van der Waals surface area contributed by atoms with Gasteiger partial charge in [0.05, 0.1) is 11.8 Å². The molecule has 0 bridgehead atoms. The minimum Gasteiger partial charge on any atom is -0.396 e. The van der Waals surface area contributed by atoms with Crippen LogP contribution in [-0.2, 0) is 0 Å². The molecule has 1 fully saturated rings. The van der Waals surface area contributed by atoms with Crippen molar-refractivity contribution in [2.45, 2.75) is 37.8 Å². The number of nitrogens with two attached hydrogens (primary N) is 1. The van der Waals surface area contributed by atoms with Gasteiger partial charge in [-0.25, -0.2) is 4.98 Å². The number of pyridine rings is 1. The highest BCUT2D eigenvalue weighted by atomic mass is 16.3. The Morgan fingerprint density at radius 3 is 2.73 bits per heavy atom. The molecule has 4 N–H and O–H groups in total. The van der Waals surface area contributed by atoms with Crippen molar-refractivity contribution >= 4 is 11.5 Å². The highest BCUT2D eigenvalue weighted by molar-refractivity contribution is 5.60. The minimum atomic E-state index is -0.121. The fourth-order valence-corrected chi connectivity index (χ4v) is 1.95. The van der Waals surface area contributed by atoms with Crippen molar-refractivity contribution < 1.29 is 5.11 Å². The van der Waals surface area contributed by atoms with E-state index in [1.165, 1.54) is 0 Å². The number of aliphatic hydroxyl groups excluding tert-OH is 1. The Kier molecular flexibility index (Phi) is 3.06. The van der Waals surface area contributed by atoms with Crippen LogP contribution in [0.2, 0.25) is 0 Å². The molecule has 1 aromatic heterocycles. The number of aromatic nitrogens is 1. The van der Waals surface area contributed by atoms with Crippen LogP contribution in [0.3, 0.4) is 0 Å². The molecule has 4 heteroatoms. The monoisotopic (exact) mass is 207 g/mol. The average molecular weight is 207 g/mol. The lowest BCUT2D eigenvalue weighted by Crippen LogP contribution is -2.28. The fraction of sp³-hybridized carbons (Fsp3) is 0.545. The van der Waals surface area contributed by atoms with Crippen molar-refractivity contribution in [1.29, 1.82) is 0 Å². The summed E-state index contributed by atoms with van der Waals surface area (Å²) in [6.45, 7) is 0. The van der Waals surface area contributed by atoms with Crippen LogP contribution in [0.15, 0.2) is 18.3 Å². The van der Waals surface area contributed by atoms with Gasteiger partial charge in [-0.05, 0) is 37.8 Å². The average Bonchev–Trinajstić information content (AvgIpc) is 2.25. The topological polar surface area (TPSA) is 71.2 Å². The number of aliphatic hydroxyl groups is 1. The van der Waals surface area contributed by atoms with Gasteiger partial charge in [-0.3, -0.25) is 0 Å². The number of nitrogens with one attached hydrogen (secondary N) is 1. The van der Waals surface area contributed by atoms with Gasteiger partial charge in [-0.2, -0.15) is 0 Å². The lowest BCUT2D eigenvalue weighted by atomic mass is 9.93. The van der Waals surface area contributed by atoms with E-state index >= 15 is 0 Å². The van der Waals surface area contributed by atoms with Gasteiger partial charge in [0.15, 0.2) is 0 Å². The second-order valence-corrected chi connectivity index (χ2v) is 4.09. The van der Waals surface area contributed by atoms with E-state index in [4.69, 9.17) is 5.73 Å². The van der Waals surface area contributed by atoms with Crippen LogP contribution >= 0.6 is 0 Å². The van der Waals surface area contributed by atoms with Crippen LogP contribution in [0.1, 0.15) is 25.7 Å². The summed E-state index contributed by atoms with van der Waals surface area (Å²) in [7, 11) is 0. The molecular formula is C11H17N3O. The zero-order chi connectivity index (χ0) is 10.7. The van der Waals surface area contributed by atoms with E-state index in [9.17, 15) is 5.11 Å². The summed E-state index contributed by atoms with van der Waals surface area (Å²) >= 11 is 0. The van der Waals surface area contributed by atoms with Gasteiger partial charge in [0.25, 0.3) is 0 Å². The Hall–Kier alpha value is -1.29. The van der Waals surface area contributed by atoms with Crippen LogP contribution in [0.5, 0.6) is 0 Å². The number of rotatable bonds is 2. The molecule has 0 aromatic carbocycles. The lowest BCUT2D eigenvalue weighted by molar-refractivity contribution is 0.126. The highest BCUT2D eigenvalue weighted by Gasteiger charge is 2.19. The summed E-state index contributed by atoms with van der Waals surface area (Å²) in [5.41, 5.74) is 6.47.